The quantitative estimate of drug-likeness (QED) is 0.693. The molecule has 1 fully saturated rings. The lowest BCUT2D eigenvalue weighted by Gasteiger charge is -2.13. The Morgan fingerprint density at radius 2 is 1.93 bits per heavy atom. The first-order valence-electron chi connectivity index (χ1n) is 5.48. The fourth-order valence-electron chi connectivity index (χ4n) is 2.36. The molecule has 1 aromatic carbocycles. The number of carbonyl (C=O) groups excluding carboxylic acids is 1. The number of Topliss-reactive ketones (excluding diaryl/α,β-unsaturated/α-hetero) is 1. The molecule has 1 aromatic rings. The third-order valence-electron chi connectivity index (χ3n) is 3.33. The highest BCUT2D eigenvalue weighted by Gasteiger charge is 2.29. The van der Waals surface area contributed by atoms with Gasteiger partial charge in [0, 0.05) is 16.5 Å². The van der Waals surface area contributed by atoms with Crippen LogP contribution in [0, 0.1) is 11.8 Å². The van der Waals surface area contributed by atoms with Gasteiger partial charge in [-0.05, 0) is 43.0 Å². The van der Waals surface area contributed by atoms with E-state index in [0.717, 1.165) is 12.0 Å². The Labute approximate surface area is 95.4 Å². The molecule has 0 spiro atoms. The van der Waals surface area contributed by atoms with Crippen LogP contribution in [0.1, 0.15) is 36.5 Å². The topological polar surface area (TPSA) is 17.1 Å². The van der Waals surface area contributed by atoms with E-state index in [1.54, 1.807) is 12.1 Å². The van der Waals surface area contributed by atoms with Gasteiger partial charge in [-0.15, -0.1) is 0 Å². The Morgan fingerprint density at radius 1 is 1.27 bits per heavy atom. The molecule has 0 radical (unpaired) electrons. The average molecular weight is 223 g/mol. The molecule has 1 aliphatic carbocycles. The molecule has 2 atom stereocenters. The molecule has 0 N–H and O–H groups in total. The lowest BCUT2D eigenvalue weighted by atomic mass is 9.90. The van der Waals surface area contributed by atoms with Gasteiger partial charge in [-0.3, -0.25) is 4.79 Å². The second-order valence-electron chi connectivity index (χ2n) is 4.39. The smallest absolute Gasteiger partial charge is 0.166 e. The van der Waals surface area contributed by atoms with E-state index in [-0.39, 0.29) is 11.7 Å². The van der Waals surface area contributed by atoms with Crippen LogP contribution < -0.4 is 0 Å². The minimum absolute atomic E-state index is 0.228. The van der Waals surface area contributed by atoms with Crippen molar-refractivity contribution in [1.82, 2.24) is 0 Å². The van der Waals surface area contributed by atoms with Gasteiger partial charge in [-0.2, -0.15) is 0 Å². The zero-order chi connectivity index (χ0) is 10.8. The van der Waals surface area contributed by atoms with Gasteiger partial charge in [0.25, 0.3) is 0 Å². The molecule has 2 heteroatoms. The lowest BCUT2D eigenvalue weighted by Crippen LogP contribution is -2.16. The van der Waals surface area contributed by atoms with E-state index in [4.69, 9.17) is 11.6 Å². The number of ketones is 1. The second-order valence-corrected chi connectivity index (χ2v) is 4.82. The van der Waals surface area contributed by atoms with E-state index in [2.05, 4.69) is 6.92 Å². The summed E-state index contributed by atoms with van der Waals surface area (Å²) in [5, 5.41) is 0.686. The van der Waals surface area contributed by atoms with Crippen LogP contribution >= 0.6 is 11.6 Å². The third kappa shape index (κ3) is 2.23. The molecule has 1 nitrogen and oxygen atoms in total. The number of rotatable bonds is 2. The van der Waals surface area contributed by atoms with Gasteiger partial charge < -0.3 is 0 Å². The van der Waals surface area contributed by atoms with E-state index < -0.39 is 0 Å². The number of hydrogen-bond acceptors (Lipinski definition) is 1. The van der Waals surface area contributed by atoms with Gasteiger partial charge in [-0.25, -0.2) is 0 Å². The van der Waals surface area contributed by atoms with Crippen LogP contribution in [-0.2, 0) is 0 Å². The lowest BCUT2D eigenvalue weighted by molar-refractivity contribution is 0.0897. The van der Waals surface area contributed by atoms with Crippen LogP contribution in [0.15, 0.2) is 24.3 Å². The van der Waals surface area contributed by atoms with Crippen molar-refractivity contribution in [2.45, 2.75) is 26.2 Å². The van der Waals surface area contributed by atoms with E-state index >= 15 is 0 Å². The average Bonchev–Trinajstić information content (AvgIpc) is 2.65. The summed E-state index contributed by atoms with van der Waals surface area (Å²) in [6.07, 6.45) is 3.41. The molecular weight excluding hydrogens is 208 g/mol. The van der Waals surface area contributed by atoms with Gasteiger partial charge in [0.05, 0.1) is 0 Å². The molecule has 0 bridgehead atoms. The molecule has 2 rings (SSSR count). The van der Waals surface area contributed by atoms with Crippen molar-refractivity contribution in [1.29, 1.82) is 0 Å². The molecular formula is C13H15ClO. The number of carbonyl (C=O) groups is 1. The maximum absolute atomic E-state index is 12.1. The van der Waals surface area contributed by atoms with Crippen molar-refractivity contribution in [2.24, 2.45) is 11.8 Å². The summed E-state index contributed by atoms with van der Waals surface area (Å²) in [6, 6.07) is 7.23. The number of benzene rings is 1. The van der Waals surface area contributed by atoms with Gasteiger partial charge in [0.2, 0.25) is 0 Å². The van der Waals surface area contributed by atoms with Crippen molar-refractivity contribution in [3.05, 3.63) is 34.9 Å². The zero-order valence-electron chi connectivity index (χ0n) is 8.87. The third-order valence-corrected chi connectivity index (χ3v) is 3.58. The molecule has 0 aliphatic heterocycles. The normalized spacial score (nSPS) is 25.5. The highest BCUT2D eigenvalue weighted by atomic mass is 35.5. The summed E-state index contributed by atoms with van der Waals surface area (Å²) >= 11 is 5.79. The van der Waals surface area contributed by atoms with Crippen LogP contribution in [0.25, 0.3) is 0 Å². The van der Waals surface area contributed by atoms with Crippen LogP contribution in [0.3, 0.4) is 0 Å². The summed E-state index contributed by atoms with van der Waals surface area (Å²) in [7, 11) is 0. The van der Waals surface area contributed by atoms with Crippen molar-refractivity contribution in [3.8, 4) is 0 Å². The van der Waals surface area contributed by atoms with Crippen molar-refractivity contribution in [3.63, 3.8) is 0 Å². The van der Waals surface area contributed by atoms with E-state index in [1.165, 1.54) is 12.8 Å². The fourth-order valence-corrected chi connectivity index (χ4v) is 2.49. The molecule has 0 heterocycles. The van der Waals surface area contributed by atoms with Crippen LogP contribution in [0.4, 0.5) is 0 Å². The molecule has 0 amide bonds. The summed E-state index contributed by atoms with van der Waals surface area (Å²) < 4.78 is 0. The van der Waals surface area contributed by atoms with Gasteiger partial charge in [0.15, 0.2) is 5.78 Å². The molecule has 2 unspecified atom stereocenters. The fraction of sp³-hybridized carbons (Fsp3) is 0.462. The molecule has 80 valence electrons. The predicted octanol–water partition coefficient (Wildman–Crippen LogP) is 3.96. The Balaban J connectivity index is 2.17. The summed E-state index contributed by atoms with van der Waals surface area (Å²) in [4.78, 5) is 12.1. The summed E-state index contributed by atoms with van der Waals surface area (Å²) in [5.41, 5.74) is 0.804. The Kier molecular flexibility index (Phi) is 3.11. The largest absolute Gasteiger partial charge is 0.294 e. The minimum atomic E-state index is 0.228. The van der Waals surface area contributed by atoms with E-state index in [0.29, 0.717) is 10.9 Å². The maximum Gasteiger partial charge on any atom is 0.166 e. The first-order chi connectivity index (χ1) is 7.18. The van der Waals surface area contributed by atoms with Crippen molar-refractivity contribution >= 4 is 17.4 Å². The van der Waals surface area contributed by atoms with Gasteiger partial charge in [-0.1, -0.05) is 24.9 Å². The molecule has 1 saturated carbocycles. The van der Waals surface area contributed by atoms with Crippen LogP contribution in [0.2, 0.25) is 5.02 Å². The highest BCUT2D eigenvalue weighted by Crippen LogP contribution is 2.33. The van der Waals surface area contributed by atoms with Crippen LogP contribution in [-0.4, -0.2) is 5.78 Å². The minimum Gasteiger partial charge on any atom is -0.294 e. The van der Waals surface area contributed by atoms with E-state index in [9.17, 15) is 4.79 Å². The van der Waals surface area contributed by atoms with Gasteiger partial charge >= 0.3 is 0 Å². The van der Waals surface area contributed by atoms with Crippen molar-refractivity contribution in [2.75, 3.05) is 0 Å². The Bertz CT molecular complexity index is 355. The molecule has 1 aliphatic rings. The zero-order valence-corrected chi connectivity index (χ0v) is 9.63. The first kappa shape index (κ1) is 10.7. The second kappa shape index (κ2) is 4.36. The molecule has 15 heavy (non-hydrogen) atoms. The summed E-state index contributed by atoms with van der Waals surface area (Å²) in [5.74, 6) is 1.05. The molecule has 0 aromatic heterocycles. The SMILES string of the molecule is CC1CCCC1C(=O)c1ccc(Cl)cc1. The predicted molar refractivity (Wildman–Crippen MR) is 62.3 cm³/mol. The van der Waals surface area contributed by atoms with Crippen LogP contribution in [0.5, 0.6) is 0 Å². The standard InChI is InChI=1S/C13H15ClO/c1-9-3-2-4-12(9)13(15)10-5-7-11(14)8-6-10/h5-9,12H,2-4H2,1H3. The monoisotopic (exact) mass is 222 g/mol. The van der Waals surface area contributed by atoms with E-state index in [1.807, 2.05) is 12.1 Å². The van der Waals surface area contributed by atoms with Crippen molar-refractivity contribution < 1.29 is 4.79 Å². The summed E-state index contributed by atoms with van der Waals surface area (Å²) in [6.45, 7) is 2.17. The Morgan fingerprint density at radius 3 is 2.47 bits per heavy atom. The number of hydrogen-bond donors (Lipinski definition) is 0. The maximum atomic E-state index is 12.1. The molecule has 0 saturated heterocycles. The van der Waals surface area contributed by atoms with Gasteiger partial charge in [0.1, 0.15) is 0 Å². The number of halogens is 1. The first-order valence-corrected chi connectivity index (χ1v) is 5.86. The Hall–Kier alpha value is -0.820. The highest BCUT2D eigenvalue weighted by molar-refractivity contribution is 6.30.